The summed E-state index contributed by atoms with van der Waals surface area (Å²) in [5.41, 5.74) is 5.01. The number of nitriles is 1. The highest BCUT2D eigenvalue weighted by Gasteiger charge is 2.41. The van der Waals surface area contributed by atoms with Gasteiger partial charge < -0.3 is 15.0 Å². The normalized spacial score (nSPS) is 19.0. The number of hydrogen-bond acceptors (Lipinski definition) is 5. The van der Waals surface area contributed by atoms with Gasteiger partial charge in [0.2, 0.25) is 5.91 Å². The van der Waals surface area contributed by atoms with Gasteiger partial charge in [0, 0.05) is 57.4 Å². The zero-order valence-electron chi connectivity index (χ0n) is 17.6. The molecule has 154 valence electrons. The lowest BCUT2D eigenvalue weighted by atomic mass is 9.93. The number of aromatic nitrogens is 2. The Morgan fingerprint density at radius 3 is 2.79 bits per heavy atom. The van der Waals surface area contributed by atoms with Gasteiger partial charge in [-0.2, -0.15) is 10.4 Å². The van der Waals surface area contributed by atoms with Crippen molar-refractivity contribution < 1.29 is 9.53 Å². The number of methoxy groups -OCH3 is 1. The van der Waals surface area contributed by atoms with Crippen molar-refractivity contribution in [1.29, 1.82) is 5.26 Å². The molecule has 0 aliphatic carbocycles. The number of amides is 1. The van der Waals surface area contributed by atoms with E-state index in [0.29, 0.717) is 31.7 Å². The van der Waals surface area contributed by atoms with Crippen LogP contribution in [0.2, 0.25) is 0 Å². The summed E-state index contributed by atoms with van der Waals surface area (Å²) in [4.78, 5) is 14.7. The number of benzene rings is 1. The fraction of sp³-hybridized carbons (Fsp3) is 0.500. The van der Waals surface area contributed by atoms with Crippen LogP contribution in [0.4, 0.5) is 0 Å². The van der Waals surface area contributed by atoms with E-state index >= 15 is 0 Å². The highest BCUT2D eigenvalue weighted by molar-refractivity contribution is 5.79. The van der Waals surface area contributed by atoms with E-state index in [2.05, 4.69) is 16.5 Å². The third-order valence-corrected chi connectivity index (χ3v) is 5.81. The number of nitrogens with one attached hydrogen (secondary N) is 1. The molecule has 7 heteroatoms. The topological polar surface area (TPSA) is 83.2 Å². The first-order valence-electron chi connectivity index (χ1n) is 9.93. The van der Waals surface area contributed by atoms with Crippen molar-refractivity contribution in [2.75, 3.05) is 26.8 Å². The number of hydrogen-bond donors (Lipinski definition) is 1. The van der Waals surface area contributed by atoms with Gasteiger partial charge in [0.25, 0.3) is 0 Å². The van der Waals surface area contributed by atoms with Crippen molar-refractivity contribution in [3.63, 3.8) is 0 Å². The van der Waals surface area contributed by atoms with E-state index in [1.165, 1.54) is 0 Å². The van der Waals surface area contributed by atoms with Crippen LogP contribution in [0.25, 0.3) is 0 Å². The highest BCUT2D eigenvalue weighted by Crippen LogP contribution is 2.38. The lowest BCUT2D eigenvalue weighted by molar-refractivity contribution is -0.129. The summed E-state index contributed by atoms with van der Waals surface area (Å²) >= 11 is 0. The summed E-state index contributed by atoms with van der Waals surface area (Å²) in [5, 5.41) is 17.0. The van der Waals surface area contributed by atoms with Crippen molar-refractivity contribution in [2.24, 2.45) is 13.0 Å². The molecule has 0 saturated carbocycles. The summed E-state index contributed by atoms with van der Waals surface area (Å²) in [7, 11) is 3.58. The van der Waals surface area contributed by atoms with Crippen molar-refractivity contribution >= 4 is 5.91 Å². The Labute approximate surface area is 172 Å². The monoisotopic (exact) mass is 395 g/mol. The van der Waals surface area contributed by atoms with E-state index in [9.17, 15) is 4.79 Å². The molecule has 0 spiro atoms. The molecule has 1 N–H and O–H groups in total. The van der Waals surface area contributed by atoms with Gasteiger partial charge in [-0.1, -0.05) is 12.1 Å². The van der Waals surface area contributed by atoms with E-state index < -0.39 is 0 Å². The Balaban J connectivity index is 1.72. The molecule has 2 aromatic rings. The van der Waals surface area contributed by atoms with Crippen LogP contribution < -0.4 is 5.32 Å². The Kier molecular flexibility index (Phi) is 6.68. The van der Waals surface area contributed by atoms with Crippen LogP contribution in [0.1, 0.15) is 40.4 Å². The van der Waals surface area contributed by atoms with Gasteiger partial charge in [0.1, 0.15) is 0 Å². The number of ether oxygens (including phenoxy) is 1. The molecule has 1 aliphatic rings. The maximum absolute atomic E-state index is 12.7. The quantitative estimate of drug-likeness (QED) is 0.741. The molecule has 1 aromatic carbocycles. The number of likely N-dealkylation sites (tertiary alicyclic amines) is 1. The molecule has 2 heterocycles. The van der Waals surface area contributed by atoms with Gasteiger partial charge in [-0.05, 0) is 31.0 Å². The molecule has 29 heavy (non-hydrogen) atoms. The lowest BCUT2D eigenvalue weighted by Crippen LogP contribution is -2.34. The maximum atomic E-state index is 12.7. The predicted molar refractivity (Wildman–Crippen MR) is 110 cm³/mol. The van der Waals surface area contributed by atoms with Crippen LogP contribution in [0, 0.1) is 31.1 Å². The first-order valence-corrected chi connectivity index (χ1v) is 9.93. The van der Waals surface area contributed by atoms with E-state index in [1.807, 2.05) is 54.9 Å². The summed E-state index contributed by atoms with van der Waals surface area (Å²) in [6.07, 6.45) is 2.40. The molecule has 1 amide bonds. The average molecular weight is 396 g/mol. The van der Waals surface area contributed by atoms with E-state index in [4.69, 9.17) is 10.00 Å². The molecule has 0 radical (unpaired) electrons. The summed E-state index contributed by atoms with van der Waals surface area (Å²) in [6.45, 7) is 6.53. The third kappa shape index (κ3) is 4.50. The van der Waals surface area contributed by atoms with Gasteiger partial charge >= 0.3 is 0 Å². The second kappa shape index (κ2) is 9.21. The fourth-order valence-corrected chi connectivity index (χ4v) is 4.09. The zero-order valence-corrected chi connectivity index (χ0v) is 17.6. The van der Waals surface area contributed by atoms with Gasteiger partial charge in [-0.15, -0.1) is 0 Å². The number of nitrogens with zero attached hydrogens (tertiary/aromatic N) is 4. The van der Waals surface area contributed by atoms with Crippen LogP contribution in [-0.4, -0.2) is 47.4 Å². The van der Waals surface area contributed by atoms with Gasteiger partial charge in [-0.25, -0.2) is 0 Å². The van der Waals surface area contributed by atoms with Crippen LogP contribution in [0.15, 0.2) is 24.4 Å². The number of carbonyl (C=O) groups excluding carboxylic acids is 1. The first-order chi connectivity index (χ1) is 14.0. The minimum Gasteiger partial charge on any atom is -0.383 e. The Morgan fingerprint density at radius 2 is 2.17 bits per heavy atom. The number of carbonyl (C=O) groups is 1. The minimum atomic E-state index is 0.00144. The smallest absolute Gasteiger partial charge is 0.223 e. The van der Waals surface area contributed by atoms with Crippen molar-refractivity contribution in [3.05, 3.63) is 52.3 Å². The van der Waals surface area contributed by atoms with Crippen LogP contribution in [-0.2, 0) is 23.1 Å². The van der Waals surface area contributed by atoms with Crippen molar-refractivity contribution in [2.45, 2.75) is 32.9 Å². The highest BCUT2D eigenvalue weighted by atomic mass is 16.5. The molecular formula is C22H29N5O2. The Morgan fingerprint density at radius 1 is 1.38 bits per heavy atom. The Hall–Kier alpha value is -2.69. The molecule has 3 rings (SSSR count). The molecule has 0 unspecified atom stereocenters. The Bertz CT molecular complexity index is 914. The van der Waals surface area contributed by atoms with Crippen LogP contribution >= 0.6 is 0 Å². The van der Waals surface area contributed by atoms with Crippen LogP contribution in [0.3, 0.4) is 0 Å². The van der Waals surface area contributed by atoms with E-state index in [0.717, 1.165) is 28.9 Å². The maximum Gasteiger partial charge on any atom is 0.223 e. The second-order valence-corrected chi connectivity index (χ2v) is 7.69. The molecule has 1 aromatic heterocycles. The van der Waals surface area contributed by atoms with E-state index in [1.54, 1.807) is 7.11 Å². The summed E-state index contributed by atoms with van der Waals surface area (Å²) < 4.78 is 7.08. The van der Waals surface area contributed by atoms with Crippen molar-refractivity contribution in [1.82, 2.24) is 20.0 Å². The molecule has 0 bridgehead atoms. The van der Waals surface area contributed by atoms with Crippen molar-refractivity contribution in [3.8, 4) is 6.07 Å². The SMILES string of the molecule is COCCN1C(=O)C[C@H](CNCc2ccc(C#N)c(C)c2)[C@H]1c1cnn(C)c1C. The minimum absolute atomic E-state index is 0.00144. The molecule has 1 aliphatic heterocycles. The second-order valence-electron chi connectivity index (χ2n) is 7.69. The molecule has 1 fully saturated rings. The van der Waals surface area contributed by atoms with Crippen LogP contribution in [0.5, 0.6) is 0 Å². The van der Waals surface area contributed by atoms with Gasteiger partial charge in [0.15, 0.2) is 0 Å². The summed E-state index contributed by atoms with van der Waals surface area (Å²) in [6, 6.07) is 8.08. The average Bonchev–Trinajstić information content (AvgIpc) is 3.19. The predicted octanol–water partition coefficient (Wildman–Crippen LogP) is 2.23. The zero-order chi connectivity index (χ0) is 21.0. The molecule has 7 nitrogen and oxygen atoms in total. The number of aryl methyl sites for hydroxylation is 2. The van der Waals surface area contributed by atoms with Gasteiger partial charge in [0.05, 0.1) is 30.5 Å². The standard InChI is InChI=1S/C22H29N5O2/c1-15-9-17(5-6-18(15)11-23)12-24-13-19-10-21(28)27(7-8-29-4)22(19)20-14-25-26(3)16(20)2/h5-6,9,14,19,22,24H,7-8,10,12-13H2,1-4H3/t19-,22+/m1/s1. The molecular weight excluding hydrogens is 366 g/mol. The molecule has 1 saturated heterocycles. The third-order valence-electron chi connectivity index (χ3n) is 5.81. The number of rotatable bonds is 8. The fourth-order valence-electron chi connectivity index (χ4n) is 4.09. The first kappa shape index (κ1) is 21.0. The lowest BCUT2D eigenvalue weighted by Gasteiger charge is -2.28. The van der Waals surface area contributed by atoms with Gasteiger partial charge in [-0.3, -0.25) is 9.48 Å². The summed E-state index contributed by atoms with van der Waals surface area (Å²) in [5.74, 6) is 0.332. The van der Waals surface area contributed by atoms with E-state index in [-0.39, 0.29) is 17.9 Å². The largest absolute Gasteiger partial charge is 0.383 e. The molecule has 2 atom stereocenters.